The number of nitrogens with zero attached hydrogens (tertiary/aromatic N) is 3. The maximum atomic E-state index is 11.0. The Morgan fingerprint density at radius 3 is 2.45 bits per heavy atom. The lowest BCUT2D eigenvalue weighted by Gasteiger charge is -2.26. The van der Waals surface area contributed by atoms with Gasteiger partial charge in [-0.3, -0.25) is 15.1 Å². The number of rotatable bonds is 5. The van der Waals surface area contributed by atoms with E-state index in [1.54, 1.807) is 18.3 Å². The SMILES string of the molecule is Cc1ccc(N2C(=S)NC(c3ccccn3)C2c2ccc(-c3ccc([N+](=O)[O-])cc3)o2)cc1. The van der Waals surface area contributed by atoms with Crippen LogP contribution in [0.4, 0.5) is 11.4 Å². The van der Waals surface area contributed by atoms with Crippen molar-refractivity contribution in [3.8, 4) is 11.3 Å². The van der Waals surface area contributed by atoms with Gasteiger partial charge in [0.25, 0.3) is 5.69 Å². The fourth-order valence-corrected chi connectivity index (χ4v) is 4.39. The molecule has 8 heteroatoms. The van der Waals surface area contributed by atoms with Crippen molar-refractivity contribution in [2.24, 2.45) is 0 Å². The monoisotopic (exact) mass is 456 g/mol. The minimum Gasteiger partial charge on any atom is -0.459 e. The van der Waals surface area contributed by atoms with Gasteiger partial charge in [0.15, 0.2) is 5.11 Å². The summed E-state index contributed by atoms with van der Waals surface area (Å²) in [6.07, 6.45) is 1.76. The van der Waals surface area contributed by atoms with Crippen LogP contribution in [0.1, 0.15) is 29.1 Å². The van der Waals surface area contributed by atoms with Gasteiger partial charge in [-0.15, -0.1) is 0 Å². The molecule has 2 atom stereocenters. The molecular weight excluding hydrogens is 436 g/mol. The van der Waals surface area contributed by atoms with Crippen molar-refractivity contribution in [3.05, 3.63) is 112 Å². The molecule has 33 heavy (non-hydrogen) atoms. The summed E-state index contributed by atoms with van der Waals surface area (Å²) in [6, 6.07) is 23.6. The number of pyridine rings is 1. The van der Waals surface area contributed by atoms with Gasteiger partial charge in [-0.25, -0.2) is 0 Å². The molecule has 1 aliphatic heterocycles. The Kier molecular flexibility index (Phi) is 5.35. The van der Waals surface area contributed by atoms with E-state index < -0.39 is 4.92 Å². The van der Waals surface area contributed by atoms with Gasteiger partial charge in [0, 0.05) is 29.6 Å². The molecule has 0 bridgehead atoms. The van der Waals surface area contributed by atoms with Crippen LogP contribution in [-0.4, -0.2) is 15.0 Å². The molecule has 1 fully saturated rings. The van der Waals surface area contributed by atoms with Gasteiger partial charge in [-0.2, -0.15) is 0 Å². The van der Waals surface area contributed by atoms with Crippen molar-refractivity contribution >= 4 is 28.7 Å². The van der Waals surface area contributed by atoms with E-state index in [4.69, 9.17) is 16.6 Å². The number of aromatic nitrogens is 1. The second-order valence-corrected chi connectivity index (χ2v) is 8.22. The number of aryl methyl sites for hydroxylation is 1. The van der Waals surface area contributed by atoms with Gasteiger partial charge in [0.1, 0.15) is 17.6 Å². The normalized spacial score (nSPS) is 17.7. The Morgan fingerprint density at radius 2 is 1.79 bits per heavy atom. The van der Waals surface area contributed by atoms with Crippen LogP contribution in [0.25, 0.3) is 11.3 Å². The van der Waals surface area contributed by atoms with E-state index in [1.807, 2.05) is 66.4 Å². The molecule has 4 aromatic rings. The first kappa shape index (κ1) is 20.8. The van der Waals surface area contributed by atoms with E-state index in [9.17, 15) is 10.1 Å². The highest BCUT2D eigenvalue weighted by Gasteiger charge is 2.42. The summed E-state index contributed by atoms with van der Waals surface area (Å²) >= 11 is 5.73. The maximum Gasteiger partial charge on any atom is 0.269 e. The van der Waals surface area contributed by atoms with Crippen molar-refractivity contribution in [2.45, 2.75) is 19.0 Å². The van der Waals surface area contributed by atoms with Crippen LogP contribution in [0.5, 0.6) is 0 Å². The molecule has 2 aromatic carbocycles. The molecule has 0 amide bonds. The molecular formula is C25H20N4O3S. The van der Waals surface area contributed by atoms with Crippen molar-refractivity contribution in [1.82, 2.24) is 10.3 Å². The third kappa shape index (κ3) is 3.96. The summed E-state index contributed by atoms with van der Waals surface area (Å²) in [4.78, 5) is 17.2. The zero-order valence-corrected chi connectivity index (χ0v) is 18.5. The Morgan fingerprint density at radius 1 is 1.03 bits per heavy atom. The number of hydrogen-bond donors (Lipinski definition) is 1. The van der Waals surface area contributed by atoms with E-state index >= 15 is 0 Å². The molecule has 1 N–H and O–H groups in total. The number of nitro benzene ring substituents is 1. The van der Waals surface area contributed by atoms with Crippen molar-refractivity contribution in [2.75, 3.05) is 4.90 Å². The topological polar surface area (TPSA) is 84.4 Å². The third-order valence-corrected chi connectivity index (χ3v) is 6.01. The van der Waals surface area contributed by atoms with Crippen LogP contribution in [0, 0.1) is 17.0 Å². The van der Waals surface area contributed by atoms with Crippen LogP contribution in [-0.2, 0) is 0 Å². The van der Waals surface area contributed by atoms with Crippen LogP contribution in [0.15, 0.2) is 89.5 Å². The van der Waals surface area contributed by atoms with Crippen LogP contribution >= 0.6 is 12.2 Å². The average Bonchev–Trinajstić information content (AvgIpc) is 3.45. The minimum atomic E-state index is -0.417. The smallest absolute Gasteiger partial charge is 0.269 e. The highest BCUT2D eigenvalue weighted by molar-refractivity contribution is 7.80. The van der Waals surface area contributed by atoms with Crippen LogP contribution in [0.3, 0.4) is 0 Å². The van der Waals surface area contributed by atoms with Gasteiger partial charge >= 0.3 is 0 Å². The van der Waals surface area contributed by atoms with Gasteiger partial charge in [0.05, 0.1) is 16.7 Å². The number of thiocarbonyl (C=S) groups is 1. The molecule has 0 saturated carbocycles. The first-order chi connectivity index (χ1) is 16.0. The summed E-state index contributed by atoms with van der Waals surface area (Å²) in [7, 11) is 0. The Hall–Kier alpha value is -4.04. The largest absolute Gasteiger partial charge is 0.459 e. The summed E-state index contributed by atoms with van der Waals surface area (Å²) in [6.45, 7) is 2.04. The first-order valence-electron chi connectivity index (χ1n) is 10.4. The van der Waals surface area contributed by atoms with E-state index in [2.05, 4.69) is 10.3 Å². The molecule has 0 spiro atoms. The number of non-ortho nitro benzene ring substituents is 1. The molecule has 0 radical (unpaired) electrons. The summed E-state index contributed by atoms with van der Waals surface area (Å²) in [5.74, 6) is 1.34. The lowest BCUT2D eigenvalue weighted by Crippen LogP contribution is -2.29. The zero-order chi connectivity index (χ0) is 22.9. The lowest BCUT2D eigenvalue weighted by atomic mass is 10.0. The number of nitrogens with one attached hydrogen (secondary N) is 1. The first-order valence-corrected chi connectivity index (χ1v) is 10.8. The molecule has 3 heterocycles. The Bertz CT molecular complexity index is 1300. The summed E-state index contributed by atoms with van der Waals surface area (Å²) in [5, 5.41) is 15.0. The number of nitro groups is 1. The Labute approximate surface area is 195 Å². The van der Waals surface area contributed by atoms with Gasteiger partial charge in [0.2, 0.25) is 0 Å². The van der Waals surface area contributed by atoms with Crippen LogP contribution in [0.2, 0.25) is 0 Å². The molecule has 1 aliphatic rings. The predicted octanol–water partition coefficient (Wildman–Crippen LogP) is 5.74. The van der Waals surface area contributed by atoms with Gasteiger partial charge < -0.3 is 14.6 Å². The lowest BCUT2D eigenvalue weighted by molar-refractivity contribution is -0.384. The number of anilines is 1. The highest BCUT2D eigenvalue weighted by Crippen LogP contribution is 2.43. The fourth-order valence-electron chi connectivity index (χ4n) is 4.04. The third-order valence-electron chi connectivity index (χ3n) is 5.69. The molecule has 5 rings (SSSR count). The van der Waals surface area contributed by atoms with Crippen LogP contribution < -0.4 is 10.2 Å². The van der Waals surface area contributed by atoms with E-state index in [0.717, 1.165) is 22.5 Å². The quantitative estimate of drug-likeness (QED) is 0.233. The maximum absolute atomic E-state index is 11.0. The van der Waals surface area contributed by atoms with Crippen molar-refractivity contribution < 1.29 is 9.34 Å². The number of benzene rings is 2. The van der Waals surface area contributed by atoms with Crippen molar-refractivity contribution in [3.63, 3.8) is 0 Å². The second kappa shape index (κ2) is 8.48. The number of furan rings is 1. The molecule has 1 saturated heterocycles. The highest BCUT2D eigenvalue weighted by atomic mass is 32.1. The molecule has 2 aromatic heterocycles. The average molecular weight is 457 g/mol. The standard InChI is InChI=1S/C25H20N4O3S/c1-16-5-9-18(10-6-16)28-24(23(27-25(28)33)20-4-2-3-15-26-20)22-14-13-21(32-22)17-7-11-19(12-8-17)29(30)31/h2-15,23-24H,1H3,(H,27,33). The summed E-state index contributed by atoms with van der Waals surface area (Å²) < 4.78 is 6.29. The summed E-state index contributed by atoms with van der Waals surface area (Å²) in [5.41, 5.74) is 3.77. The minimum absolute atomic E-state index is 0.0385. The van der Waals surface area contributed by atoms with Gasteiger partial charge in [-0.05, 0) is 67.7 Å². The molecule has 0 aliphatic carbocycles. The number of hydrogen-bond acceptors (Lipinski definition) is 5. The molecule has 2 unspecified atom stereocenters. The Balaban J connectivity index is 1.56. The molecule has 164 valence electrons. The van der Waals surface area contributed by atoms with Crippen molar-refractivity contribution in [1.29, 1.82) is 0 Å². The van der Waals surface area contributed by atoms with Gasteiger partial charge in [-0.1, -0.05) is 23.8 Å². The molecule has 7 nitrogen and oxygen atoms in total. The fraction of sp³-hybridized carbons (Fsp3) is 0.120. The zero-order valence-electron chi connectivity index (χ0n) is 17.7. The van der Waals surface area contributed by atoms with E-state index in [-0.39, 0.29) is 17.8 Å². The second-order valence-electron chi connectivity index (χ2n) is 7.84. The van der Waals surface area contributed by atoms with E-state index in [1.165, 1.54) is 12.1 Å². The van der Waals surface area contributed by atoms with E-state index in [0.29, 0.717) is 16.6 Å². The predicted molar refractivity (Wildman–Crippen MR) is 130 cm³/mol.